The molecule has 0 aliphatic heterocycles. The number of H-pyrrole nitrogens is 2. The number of carbonyl (C=O) groups is 1. The summed E-state index contributed by atoms with van der Waals surface area (Å²) in [4.78, 5) is 44.6. The van der Waals surface area contributed by atoms with E-state index in [0.717, 1.165) is 22.2 Å². The minimum Gasteiger partial charge on any atom is -0.494 e. The lowest BCUT2D eigenvalue weighted by atomic mass is 9.81. The second-order valence-electron chi connectivity index (χ2n) is 10.4. The lowest BCUT2D eigenvalue weighted by Crippen LogP contribution is -2.36. The van der Waals surface area contributed by atoms with Crippen LogP contribution in [0, 0.1) is 6.92 Å². The molecular formula is C34H29N4O4+. The molecule has 0 aliphatic carbocycles. The van der Waals surface area contributed by atoms with Gasteiger partial charge in [-0.1, -0.05) is 103 Å². The standard InChI is InChI=1S/C34H28N4O4/c1-22-16-18-24(19-17-22)28(29-32(40)35-34(42)36-33(29)41)30(31(39)25-12-6-3-7-13-25)38-21-37(20-23-10-4-2-5-11-23)26-14-8-9-15-27(26)38/h2-19,21,28,30H,20H2,1H3,(H2-,35,36,40,41,42)/p+1. The zero-order valence-corrected chi connectivity index (χ0v) is 22.9. The van der Waals surface area contributed by atoms with Gasteiger partial charge in [0.05, 0.1) is 11.5 Å². The first-order valence-electron chi connectivity index (χ1n) is 13.6. The number of aromatic hydroxyl groups is 1. The second-order valence-corrected chi connectivity index (χ2v) is 10.4. The lowest BCUT2D eigenvalue weighted by Gasteiger charge is -2.25. The molecule has 2 aromatic heterocycles. The fourth-order valence-electron chi connectivity index (χ4n) is 5.59. The summed E-state index contributed by atoms with van der Waals surface area (Å²) in [6.45, 7) is 2.50. The number of carbonyl (C=O) groups excluding carboxylic acids is 1. The SMILES string of the molecule is Cc1ccc(C(c2c(O)[nH]c(=O)[nH]c2=O)C(C(=O)c2ccccc2)n2c[n+](Cc3ccccc3)c3ccccc32)cc1. The highest BCUT2D eigenvalue weighted by molar-refractivity contribution is 6.00. The lowest BCUT2D eigenvalue weighted by molar-refractivity contribution is -0.663. The molecular weight excluding hydrogens is 528 g/mol. The third kappa shape index (κ3) is 5.06. The first-order chi connectivity index (χ1) is 20.4. The summed E-state index contributed by atoms with van der Waals surface area (Å²) in [5, 5.41) is 11.0. The fourth-order valence-corrected chi connectivity index (χ4v) is 5.59. The van der Waals surface area contributed by atoms with E-state index in [1.165, 1.54) is 0 Å². The van der Waals surface area contributed by atoms with Crippen LogP contribution in [0.1, 0.15) is 44.6 Å². The van der Waals surface area contributed by atoms with Crippen molar-refractivity contribution in [1.82, 2.24) is 14.5 Å². The maximum Gasteiger partial charge on any atom is 0.328 e. The van der Waals surface area contributed by atoms with Crippen LogP contribution in [-0.2, 0) is 6.54 Å². The van der Waals surface area contributed by atoms with E-state index in [4.69, 9.17) is 0 Å². The van der Waals surface area contributed by atoms with Crippen molar-refractivity contribution < 1.29 is 14.5 Å². The quantitative estimate of drug-likeness (QED) is 0.187. The van der Waals surface area contributed by atoms with E-state index in [1.807, 2.05) is 103 Å². The van der Waals surface area contributed by atoms with E-state index in [2.05, 4.69) is 14.5 Å². The average Bonchev–Trinajstić information content (AvgIpc) is 3.35. The van der Waals surface area contributed by atoms with Crippen molar-refractivity contribution in [2.24, 2.45) is 0 Å². The Morgan fingerprint density at radius 2 is 1.48 bits per heavy atom. The molecule has 0 fully saturated rings. The maximum absolute atomic E-state index is 14.6. The molecule has 0 saturated heterocycles. The zero-order chi connectivity index (χ0) is 29.2. The highest BCUT2D eigenvalue weighted by Crippen LogP contribution is 2.40. The van der Waals surface area contributed by atoms with Gasteiger partial charge < -0.3 is 5.11 Å². The number of nitrogens with zero attached hydrogens (tertiary/aromatic N) is 2. The molecule has 0 aliphatic rings. The number of nitrogens with one attached hydrogen (secondary N) is 2. The normalized spacial score (nSPS) is 12.7. The summed E-state index contributed by atoms with van der Waals surface area (Å²) in [6, 6.07) is 33.2. The molecule has 0 saturated carbocycles. The predicted octanol–water partition coefficient (Wildman–Crippen LogP) is 4.62. The molecule has 208 valence electrons. The number of para-hydroxylation sites is 2. The molecule has 2 atom stereocenters. The Bertz CT molecular complexity index is 1990. The number of hydrogen-bond acceptors (Lipinski definition) is 4. The molecule has 2 heterocycles. The molecule has 2 unspecified atom stereocenters. The van der Waals surface area contributed by atoms with Crippen molar-refractivity contribution in [2.45, 2.75) is 25.4 Å². The van der Waals surface area contributed by atoms with Crippen molar-refractivity contribution in [1.29, 1.82) is 0 Å². The van der Waals surface area contributed by atoms with Crippen molar-refractivity contribution in [3.8, 4) is 5.88 Å². The summed E-state index contributed by atoms with van der Waals surface area (Å²) in [5.74, 6) is -1.78. The third-order valence-corrected chi connectivity index (χ3v) is 7.58. The van der Waals surface area contributed by atoms with Gasteiger partial charge in [0.25, 0.3) is 5.56 Å². The molecule has 0 radical (unpaired) electrons. The Labute approximate surface area is 241 Å². The van der Waals surface area contributed by atoms with Crippen LogP contribution in [0.4, 0.5) is 0 Å². The van der Waals surface area contributed by atoms with Crippen LogP contribution in [0.25, 0.3) is 11.0 Å². The van der Waals surface area contributed by atoms with Gasteiger partial charge in [-0.15, -0.1) is 0 Å². The van der Waals surface area contributed by atoms with Crippen molar-refractivity contribution >= 4 is 16.8 Å². The molecule has 6 aromatic rings. The van der Waals surface area contributed by atoms with Crippen LogP contribution in [0.3, 0.4) is 0 Å². The highest BCUT2D eigenvalue weighted by Gasteiger charge is 2.41. The molecule has 6 rings (SSSR count). The van der Waals surface area contributed by atoms with E-state index < -0.39 is 29.1 Å². The van der Waals surface area contributed by atoms with Gasteiger partial charge in [0.2, 0.25) is 18.0 Å². The largest absolute Gasteiger partial charge is 0.494 e. The summed E-state index contributed by atoms with van der Waals surface area (Å²) < 4.78 is 3.95. The molecule has 3 N–H and O–H groups in total. The van der Waals surface area contributed by atoms with Crippen LogP contribution in [-0.4, -0.2) is 25.4 Å². The molecule has 0 bridgehead atoms. The average molecular weight is 558 g/mol. The zero-order valence-electron chi connectivity index (χ0n) is 22.9. The first kappa shape index (κ1) is 26.7. The Hall–Kier alpha value is -5.50. The van der Waals surface area contributed by atoms with E-state index in [-0.39, 0.29) is 11.3 Å². The van der Waals surface area contributed by atoms with Crippen molar-refractivity contribution in [2.75, 3.05) is 0 Å². The topological polar surface area (TPSA) is 112 Å². The number of rotatable bonds is 8. The van der Waals surface area contributed by atoms with E-state index in [9.17, 15) is 19.5 Å². The van der Waals surface area contributed by atoms with Gasteiger partial charge in [0.15, 0.2) is 17.1 Å². The van der Waals surface area contributed by atoms with Crippen LogP contribution < -0.4 is 15.8 Å². The number of Topliss-reactive ketones (excluding diaryl/α,β-unsaturated/α-hetero) is 1. The Kier molecular flexibility index (Phi) is 7.10. The summed E-state index contributed by atoms with van der Waals surface area (Å²) in [6.07, 6.45) is 1.89. The molecule has 0 spiro atoms. The smallest absolute Gasteiger partial charge is 0.328 e. The van der Waals surface area contributed by atoms with Gasteiger partial charge in [-0.25, -0.2) is 13.9 Å². The number of aromatic nitrogens is 4. The number of hydrogen-bond donors (Lipinski definition) is 3. The monoisotopic (exact) mass is 557 g/mol. The van der Waals surface area contributed by atoms with Gasteiger partial charge >= 0.3 is 5.69 Å². The summed E-state index contributed by atoms with van der Waals surface area (Å²) in [5.41, 5.74) is 3.15. The Balaban J connectivity index is 1.65. The number of aryl methyl sites for hydroxylation is 1. The highest BCUT2D eigenvalue weighted by atomic mass is 16.3. The van der Waals surface area contributed by atoms with E-state index in [1.54, 1.807) is 24.3 Å². The van der Waals surface area contributed by atoms with Gasteiger partial charge in [-0.3, -0.25) is 19.6 Å². The molecule has 4 aromatic carbocycles. The number of fused-ring (bicyclic) bond motifs is 1. The van der Waals surface area contributed by atoms with Gasteiger partial charge in [0.1, 0.15) is 6.54 Å². The van der Waals surface area contributed by atoms with Crippen molar-refractivity contribution in [3.05, 3.63) is 164 Å². The molecule has 42 heavy (non-hydrogen) atoms. The molecule has 8 heteroatoms. The predicted molar refractivity (Wildman–Crippen MR) is 160 cm³/mol. The summed E-state index contributed by atoms with van der Waals surface area (Å²) in [7, 11) is 0. The van der Waals surface area contributed by atoms with E-state index in [0.29, 0.717) is 17.7 Å². The maximum atomic E-state index is 14.6. The van der Waals surface area contributed by atoms with E-state index >= 15 is 0 Å². The van der Waals surface area contributed by atoms with Crippen molar-refractivity contribution in [3.63, 3.8) is 0 Å². The molecule has 8 nitrogen and oxygen atoms in total. The first-order valence-corrected chi connectivity index (χ1v) is 13.6. The van der Waals surface area contributed by atoms with Crippen LogP contribution in [0.5, 0.6) is 5.88 Å². The fraction of sp³-hybridized carbons (Fsp3) is 0.118. The summed E-state index contributed by atoms with van der Waals surface area (Å²) >= 11 is 0. The number of aromatic amines is 2. The van der Waals surface area contributed by atoms with Crippen LogP contribution >= 0.6 is 0 Å². The van der Waals surface area contributed by atoms with Gasteiger partial charge in [0, 0.05) is 5.56 Å². The third-order valence-electron chi connectivity index (χ3n) is 7.58. The Morgan fingerprint density at radius 1 is 0.833 bits per heavy atom. The second kappa shape index (κ2) is 11.2. The minimum atomic E-state index is -1.00. The van der Waals surface area contributed by atoms with Gasteiger partial charge in [-0.05, 0) is 30.2 Å². The molecule has 0 amide bonds. The van der Waals surface area contributed by atoms with Crippen LogP contribution in [0.15, 0.2) is 125 Å². The number of ketones is 1. The minimum absolute atomic E-state index is 0.0971. The number of imidazole rings is 1. The van der Waals surface area contributed by atoms with Gasteiger partial charge in [-0.2, -0.15) is 0 Å². The Morgan fingerprint density at radius 3 is 2.17 bits per heavy atom. The number of benzene rings is 4. The van der Waals surface area contributed by atoms with Crippen LogP contribution in [0.2, 0.25) is 0 Å².